The molecule has 1 aromatic carbocycles. The maximum Gasteiger partial charge on any atom is 0.416 e. The molecule has 0 radical (unpaired) electrons. The van der Waals surface area contributed by atoms with Gasteiger partial charge in [0, 0.05) is 0 Å². The summed E-state index contributed by atoms with van der Waals surface area (Å²) < 4.78 is 42.7. The van der Waals surface area contributed by atoms with Crippen LogP contribution in [-0.4, -0.2) is 12.7 Å². The minimum atomic E-state index is -4.26. The fourth-order valence-electron chi connectivity index (χ4n) is 1.73. The normalized spacial score (nSPS) is 12.1. The Labute approximate surface area is 106 Å². The monoisotopic (exact) mass is 260 g/mol. The van der Waals surface area contributed by atoms with Gasteiger partial charge in [0.05, 0.1) is 18.3 Å². The molecule has 0 amide bonds. The highest BCUT2D eigenvalue weighted by atomic mass is 19.4. The van der Waals surface area contributed by atoms with E-state index in [4.69, 9.17) is 4.74 Å². The second kappa shape index (κ2) is 6.78. The van der Waals surface area contributed by atoms with Gasteiger partial charge >= 0.3 is 6.18 Å². The lowest BCUT2D eigenvalue weighted by Crippen LogP contribution is -2.12. The summed E-state index contributed by atoms with van der Waals surface area (Å²) in [6.07, 6.45) is -1.44. The molecule has 0 bridgehead atoms. The third-order valence-corrected chi connectivity index (χ3v) is 2.94. The molecule has 0 aliphatic heterocycles. The zero-order chi connectivity index (χ0) is 13.6. The highest BCUT2D eigenvalue weighted by Crippen LogP contribution is 2.29. The van der Waals surface area contributed by atoms with Crippen molar-refractivity contribution in [3.05, 3.63) is 35.4 Å². The second-order valence-electron chi connectivity index (χ2n) is 4.25. The summed E-state index contributed by atoms with van der Waals surface area (Å²) >= 11 is 0. The Hall–Kier alpha value is -1.03. The van der Waals surface area contributed by atoms with Crippen molar-refractivity contribution in [3.63, 3.8) is 0 Å². The Bertz CT molecular complexity index is 339. The van der Waals surface area contributed by atoms with Crippen LogP contribution in [0.25, 0.3) is 0 Å². The van der Waals surface area contributed by atoms with E-state index in [0.717, 1.165) is 30.5 Å². The summed E-state index contributed by atoms with van der Waals surface area (Å²) in [5, 5.41) is 0. The van der Waals surface area contributed by atoms with Gasteiger partial charge in [0.15, 0.2) is 0 Å². The minimum absolute atomic E-state index is 0.249. The van der Waals surface area contributed by atoms with E-state index in [-0.39, 0.29) is 6.10 Å². The molecule has 1 nitrogen and oxygen atoms in total. The van der Waals surface area contributed by atoms with Gasteiger partial charge in [0.1, 0.15) is 0 Å². The van der Waals surface area contributed by atoms with Crippen LogP contribution in [-0.2, 0) is 17.3 Å². The van der Waals surface area contributed by atoms with E-state index in [0.29, 0.717) is 13.0 Å². The van der Waals surface area contributed by atoms with Crippen molar-refractivity contribution in [2.45, 2.75) is 45.4 Å². The second-order valence-corrected chi connectivity index (χ2v) is 4.25. The van der Waals surface area contributed by atoms with Crippen LogP contribution in [0, 0.1) is 0 Å². The lowest BCUT2D eigenvalue weighted by molar-refractivity contribution is -0.137. The van der Waals surface area contributed by atoms with Gasteiger partial charge in [0.2, 0.25) is 0 Å². The standard InChI is InChI=1S/C14H19F3O/c1-3-13(4-2)18-10-9-11-5-7-12(8-6-11)14(15,16)17/h5-8,13H,3-4,9-10H2,1-2H3. The van der Waals surface area contributed by atoms with E-state index in [9.17, 15) is 13.2 Å². The molecule has 0 fully saturated rings. The Kier molecular flexibility index (Phi) is 5.66. The first kappa shape index (κ1) is 15.0. The van der Waals surface area contributed by atoms with Gasteiger partial charge in [-0.15, -0.1) is 0 Å². The Morgan fingerprint density at radius 3 is 2.06 bits per heavy atom. The van der Waals surface area contributed by atoms with Crippen molar-refractivity contribution in [2.75, 3.05) is 6.61 Å². The van der Waals surface area contributed by atoms with Crippen LogP contribution in [0.1, 0.15) is 37.8 Å². The molecule has 102 valence electrons. The van der Waals surface area contributed by atoms with Crippen molar-refractivity contribution >= 4 is 0 Å². The maximum atomic E-state index is 12.3. The molecular weight excluding hydrogens is 241 g/mol. The smallest absolute Gasteiger partial charge is 0.378 e. The van der Waals surface area contributed by atoms with E-state index in [2.05, 4.69) is 13.8 Å². The highest BCUT2D eigenvalue weighted by Gasteiger charge is 2.29. The van der Waals surface area contributed by atoms with Gasteiger partial charge in [-0.3, -0.25) is 0 Å². The highest BCUT2D eigenvalue weighted by molar-refractivity contribution is 5.24. The summed E-state index contributed by atoms with van der Waals surface area (Å²) in [5.41, 5.74) is 0.265. The predicted octanol–water partition coefficient (Wildman–Crippen LogP) is 4.45. The molecule has 18 heavy (non-hydrogen) atoms. The summed E-state index contributed by atoms with van der Waals surface area (Å²) in [4.78, 5) is 0. The van der Waals surface area contributed by atoms with E-state index in [1.807, 2.05) is 0 Å². The largest absolute Gasteiger partial charge is 0.416 e. The summed E-state index contributed by atoms with van der Waals surface area (Å²) in [7, 11) is 0. The molecule has 1 rings (SSSR count). The average molecular weight is 260 g/mol. The van der Waals surface area contributed by atoms with Crippen molar-refractivity contribution in [1.29, 1.82) is 0 Å². The van der Waals surface area contributed by atoms with Crippen molar-refractivity contribution < 1.29 is 17.9 Å². The molecular formula is C14H19F3O. The fourth-order valence-corrected chi connectivity index (χ4v) is 1.73. The number of alkyl halides is 3. The number of halogens is 3. The van der Waals surface area contributed by atoms with Gasteiger partial charge < -0.3 is 4.74 Å². The van der Waals surface area contributed by atoms with Gasteiger partial charge in [0.25, 0.3) is 0 Å². The lowest BCUT2D eigenvalue weighted by Gasteiger charge is -2.14. The molecule has 0 atom stereocenters. The summed E-state index contributed by atoms with van der Waals surface area (Å²) in [5.74, 6) is 0. The number of rotatable bonds is 6. The topological polar surface area (TPSA) is 9.23 Å². The molecule has 0 unspecified atom stereocenters. The predicted molar refractivity (Wildman–Crippen MR) is 65.5 cm³/mol. The van der Waals surface area contributed by atoms with Crippen LogP contribution in [0.15, 0.2) is 24.3 Å². The first-order chi connectivity index (χ1) is 8.47. The zero-order valence-corrected chi connectivity index (χ0v) is 10.8. The summed E-state index contributed by atoms with van der Waals surface area (Å²) in [6.45, 7) is 4.68. The van der Waals surface area contributed by atoms with Gasteiger partial charge in [-0.25, -0.2) is 0 Å². The van der Waals surface area contributed by atoms with Crippen molar-refractivity contribution in [2.24, 2.45) is 0 Å². The molecule has 1 aromatic rings. The molecule has 0 heterocycles. The van der Waals surface area contributed by atoms with E-state index in [1.165, 1.54) is 12.1 Å². The lowest BCUT2D eigenvalue weighted by atomic mass is 10.1. The Morgan fingerprint density at radius 1 is 1.06 bits per heavy atom. The van der Waals surface area contributed by atoms with Crippen LogP contribution >= 0.6 is 0 Å². The fraction of sp³-hybridized carbons (Fsp3) is 0.571. The molecule has 0 aliphatic carbocycles. The van der Waals surface area contributed by atoms with Crippen molar-refractivity contribution in [3.8, 4) is 0 Å². The number of ether oxygens (including phenoxy) is 1. The maximum absolute atomic E-state index is 12.3. The molecule has 0 saturated carbocycles. The molecule has 0 spiro atoms. The first-order valence-electron chi connectivity index (χ1n) is 6.25. The molecule has 0 saturated heterocycles. The Morgan fingerprint density at radius 2 is 1.61 bits per heavy atom. The SMILES string of the molecule is CCC(CC)OCCc1ccc(C(F)(F)F)cc1. The van der Waals surface area contributed by atoms with Crippen LogP contribution in [0.3, 0.4) is 0 Å². The van der Waals surface area contributed by atoms with Crippen LogP contribution in [0.2, 0.25) is 0 Å². The minimum Gasteiger partial charge on any atom is -0.378 e. The first-order valence-corrected chi connectivity index (χ1v) is 6.25. The van der Waals surface area contributed by atoms with Gasteiger partial charge in [-0.2, -0.15) is 13.2 Å². The molecule has 0 aromatic heterocycles. The third-order valence-electron chi connectivity index (χ3n) is 2.94. The number of hydrogen-bond acceptors (Lipinski definition) is 1. The quantitative estimate of drug-likeness (QED) is 0.734. The van der Waals surface area contributed by atoms with Gasteiger partial charge in [-0.05, 0) is 37.0 Å². The van der Waals surface area contributed by atoms with E-state index >= 15 is 0 Å². The van der Waals surface area contributed by atoms with Crippen LogP contribution in [0.5, 0.6) is 0 Å². The van der Waals surface area contributed by atoms with Crippen molar-refractivity contribution in [1.82, 2.24) is 0 Å². The average Bonchev–Trinajstić information content (AvgIpc) is 2.34. The number of hydrogen-bond donors (Lipinski definition) is 0. The zero-order valence-electron chi connectivity index (χ0n) is 10.8. The van der Waals surface area contributed by atoms with Gasteiger partial charge in [-0.1, -0.05) is 26.0 Å². The van der Waals surface area contributed by atoms with Crippen LogP contribution < -0.4 is 0 Å². The van der Waals surface area contributed by atoms with E-state index < -0.39 is 11.7 Å². The molecule has 0 aliphatic rings. The summed E-state index contributed by atoms with van der Waals surface area (Å²) in [6, 6.07) is 5.26. The Balaban J connectivity index is 2.45. The molecule has 4 heteroatoms. The number of benzene rings is 1. The van der Waals surface area contributed by atoms with Crippen LogP contribution in [0.4, 0.5) is 13.2 Å². The third kappa shape index (κ3) is 4.69. The van der Waals surface area contributed by atoms with E-state index in [1.54, 1.807) is 0 Å². The molecule has 0 N–H and O–H groups in total.